The Morgan fingerprint density at radius 1 is 1.21 bits per heavy atom. The van der Waals surface area contributed by atoms with Gasteiger partial charge in [-0.1, -0.05) is 32.6 Å². The summed E-state index contributed by atoms with van der Waals surface area (Å²) in [6.45, 7) is 13.0. The van der Waals surface area contributed by atoms with Crippen LogP contribution in [0.25, 0.3) is 5.70 Å². The second kappa shape index (κ2) is 12.1. The quantitative estimate of drug-likeness (QED) is 0.281. The Balaban J connectivity index is 1.99. The van der Waals surface area contributed by atoms with E-state index in [1.165, 1.54) is 18.1 Å². The van der Waals surface area contributed by atoms with Crippen LogP contribution in [0.1, 0.15) is 63.1 Å². The third kappa shape index (κ3) is 6.34. The molecule has 1 aliphatic rings. The van der Waals surface area contributed by atoms with Crippen LogP contribution in [-0.4, -0.2) is 58.6 Å². The molecule has 9 heteroatoms. The number of aromatic hydroxyl groups is 1. The van der Waals surface area contributed by atoms with Gasteiger partial charge in [-0.3, -0.25) is 24.8 Å². The molecule has 0 spiro atoms. The second-order valence-electron chi connectivity index (χ2n) is 10.2. The number of phenols is 1. The molecule has 9 nitrogen and oxygen atoms in total. The maximum absolute atomic E-state index is 12.9. The van der Waals surface area contributed by atoms with E-state index in [0.29, 0.717) is 30.0 Å². The molecule has 0 bridgehead atoms. The van der Waals surface area contributed by atoms with Crippen LogP contribution >= 0.6 is 0 Å². The van der Waals surface area contributed by atoms with Gasteiger partial charge in [0.2, 0.25) is 0 Å². The molecule has 1 heterocycles. The SMILES string of the molecule is C=C(c1cc(C(C)C)c(OC)cc1O)N(C(=N)C(=O)NC(C)C)c1ccc(CN2CCCC2C(=O)O)cc1. The number of carbonyl (C=O) groups excluding carboxylic acids is 1. The molecule has 1 unspecified atom stereocenters. The van der Waals surface area contributed by atoms with E-state index < -0.39 is 17.9 Å². The maximum atomic E-state index is 12.9. The van der Waals surface area contributed by atoms with Crippen molar-refractivity contribution in [1.29, 1.82) is 5.41 Å². The van der Waals surface area contributed by atoms with Crippen molar-refractivity contribution in [3.8, 4) is 11.5 Å². The summed E-state index contributed by atoms with van der Waals surface area (Å²) in [6.07, 6.45) is 1.47. The van der Waals surface area contributed by atoms with Gasteiger partial charge in [-0.2, -0.15) is 0 Å². The van der Waals surface area contributed by atoms with Crippen molar-refractivity contribution in [3.05, 3.63) is 59.7 Å². The summed E-state index contributed by atoms with van der Waals surface area (Å²) in [6, 6.07) is 9.87. The zero-order valence-corrected chi connectivity index (χ0v) is 22.7. The largest absolute Gasteiger partial charge is 0.507 e. The lowest BCUT2D eigenvalue weighted by Gasteiger charge is -2.29. The smallest absolute Gasteiger partial charge is 0.320 e. The number of nitrogens with zero attached hydrogens (tertiary/aromatic N) is 2. The van der Waals surface area contributed by atoms with Crippen molar-refractivity contribution in [1.82, 2.24) is 10.2 Å². The van der Waals surface area contributed by atoms with E-state index in [1.807, 2.05) is 44.7 Å². The molecule has 38 heavy (non-hydrogen) atoms. The highest BCUT2D eigenvalue weighted by atomic mass is 16.5. The van der Waals surface area contributed by atoms with Crippen molar-refractivity contribution in [2.24, 2.45) is 0 Å². The monoisotopic (exact) mass is 522 g/mol. The first-order chi connectivity index (χ1) is 17.9. The third-order valence-corrected chi connectivity index (χ3v) is 6.64. The van der Waals surface area contributed by atoms with Gasteiger partial charge >= 0.3 is 5.97 Å². The number of benzene rings is 2. The van der Waals surface area contributed by atoms with Gasteiger partial charge in [0, 0.05) is 29.9 Å². The summed E-state index contributed by atoms with van der Waals surface area (Å²) in [5, 5.41) is 31.8. The Hall–Kier alpha value is -3.85. The molecule has 4 N–H and O–H groups in total. The van der Waals surface area contributed by atoms with Crippen LogP contribution in [0.2, 0.25) is 0 Å². The third-order valence-electron chi connectivity index (χ3n) is 6.64. The Labute approximate surface area is 224 Å². The highest BCUT2D eigenvalue weighted by Gasteiger charge is 2.30. The van der Waals surface area contributed by atoms with E-state index in [2.05, 4.69) is 11.9 Å². The van der Waals surface area contributed by atoms with Crippen LogP contribution in [0.15, 0.2) is 43.0 Å². The molecule has 0 radical (unpaired) electrons. The van der Waals surface area contributed by atoms with Crippen LogP contribution < -0.4 is 15.0 Å². The fraction of sp³-hybridized carbons (Fsp3) is 0.414. The van der Waals surface area contributed by atoms with E-state index in [0.717, 1.165) is 24.1 Å². The van der Waals surface area contributed by atoms with Gasteiger partial charge in [0.1, 0.15) is 17.5 Å². The van der Waals surface area contributed by atoms with Gasteiger partial charge < -0.3 is 20.3 Å². The number of rotatable bonds is 9. The zero-order chi connectivity index (χ0) is 28.1. The van der Waals surface area contributed by atoms with Crippen LogP contribution in [0.3, 0.4) is 0 Å². The molecule has 0 saturated carbocycles. The number of anilines is 1. The summed E-state index contributed by atoms with van der Waals surface area (Å²) >= 11 is 0. The van der Waals surface area contributed by atoms with Crippen molar-refractivity contribution >= 4 is 29.1 Å². The van der Waals surface area contributed by atoms with Crippen LogP contribution in [-0.2, 0) is 16.1 Å². The summed E-state index contributed by atoms with van der Waals surface area (Å²) in [5.74, 6) is -1.19. The summed E-state index contributed by atoms with van der Waals surface area (Å²) in [4.78, 5) is 27.8. The van der Waals surface area contributed by atoms with Crippen molar-refractivity contribution in [3.63, 3.8) is 0 Å². The minimum absolute atomic E-state index is 0.0799. The van der Waals surface area contributed by atoms with Crippen molar-refractivity contribution < 1.29 is 24.5 Å². The predicted octanol–water partition coefficient (Wildman–Crippen LogP) is 4.55. The molecule has 1 atom stereocenters. The first kappa shape index (κ1) is 28.7. The zero-order valence-electron chi connectivity index (χ0n) is 22.7. The summed E-state index contributed by atoms with van der Waals surface area (Å²) in [5.41, 5.74) is 2.92. The first-order valence-electron chi connectivity index (χ1n) is 12.8. The van der Waals surface area contributed by atoms with E-state index in [-0.39, 0.29) is 29.2 Å². The number of likely N-dealkylation sites (tertiary alicyclic amines) is 1. The minimum atomic E-state index is -0.814. The summed E-state index contributed by atoms with van der Waals surface area (Å²) < 4.78 is 5.44. The molecule has 204 valence electrons. The number of aliphatic carboxylic acids is 1. The molecule has 0 aromatic heterocycles. The molecule has 1 amide bonds. The molecule has 1 aliphatic heterocycles. The lowest BCUT2D eigenvalue weighted by molar-refractivity contribution is -0.142. The van der Waals surface area contributed by atoms with Crippen LogP contribution in [0.5, 0.6) is 11.5 Å². The molecule has 2 aromatic rings. The Morgan fingerprint density at radius 2 is 1.87 bits per heavy atom. The van der Waals surface area contributed by atoms with Gasteiger partial charge in [-0.05, 0) is 68.5 Å². The number of carboxylic acids is 1. The van der Waals surface area contributed by atoms with Gasteiger partial charge in [-0.25, -0.2) is 0 Å². The fourth-order valence-corrected chi connectivity index (χ4v) is 4.70. The Morgan fingerprint density at radius 3 is 2.42 bits per heavy atom. The van der Waals surface area contributed by atoms with E-state index in [1.54, 1.807) is 18.2 Å². The number of phenolic OH excluding ortho intramolecular Hbond substituents is 1. The van der Waals surface area contributed by atoms with Crippen molar-refractivity contribution in [2.45, 2.75) is 65.1 Å². The average molecular weight is 523 g/mol. The minimum Gasteiger partial charge on any atom is -0.507 e. The molecule has 0 aliphatic carbocycles. The number of carbonyl (C=O) groups is 2. The number of carboxylic acid groups (broad SMARTS) is 1. The Kier molecular flexibility index (Phi) is 9.17. The normalized spacial score (nSPS) is 15.5. The average Bonchev–Trinajstić information content (AvgIpc) is 3.32. The Bertz CT molecular complexity index is 1210. The predicted molar refractivity (Wildman–Crippen MR) is 149 cm³/mol. The number of hydrogen-bond acceptors (Lipinski definition) is 6. The standard InChI is InChI=1S/C29H38N4O5/c1-17(2)22-14-23(25(34)15-26(22)38-6)19(5)33(27(30)28(35)31-18(3)4)21-11-9-20(10-12-21)16-32-13-7-8-24(32)29(36)37/h9-12,14-15,17-18,24,30,34H,5,7-8,13,16H2,1-4,6H3,(H,31,35)(H,36,37). The first-order valence-corrected chi connectivity index (χ1v) is 12.8. The number of ether oxygens (including phenoxy) is 1. The van der Waals surface area contributed by atoms with Gasteiger partial charge in [0.15, 0.2) is 5.84 Å². The second-order valence-corrected chi connectivity index (χ2v) is 10.2. The topological polar surface area (TPSA) is 126 Å². The highest BCUT2D eigenvalue weighted by Crippen LogP contribution is 2.38. The fourth-order valence-electron chi connectivity index (χ4n) is 4.70. The van der Waals surface area contributed by atoms with Crippen LogP contribution in [0.4, 0.5) is 5.69 Å². The summed E-state index contributed by atoms with van der Waals surface area (Å²) in [7, 11) is 1.54. The van der Waals surface area contributed by atoms with E-state index >= 15 is 0 Å². The van der Waals surface area contributed by atoms with Crippen LogP contribution in [0, 0.1) is 5.41 Å². The van der Waals surface area contributed by atoms with Crippen molar-refractivity contribution in [2.75, 3.05) is 18.6 Å². The molecule has 2 aromatic carbocycles. The van der Waals surface area contributed by atoms with E-state index in [4.69, 9.17) is 10.1 Å². The number of nitrogens with one attached hydrogen (secondary N) is 2. The van der Waals surface area contributed by atoms with Gasteiger partial charge in [0.05, 0.1) is 12.8 Å². The highest BCUT2D eigenvalue weighted by molar-refractivity contribution is 6.44. The number of hydrogen-bond donors (Lipinski definition) is 4. The molecular formula is C29H38N4O5. The number of amides is 1. The maximum Gasteiger partial charge on any atom is 0.320 e. The lowest BCUT2D eigenvalue weighted by atomic mass is 9.97. The van der Waals surface area contributed by atoms with E-state index in [9.17, 15) is 19.8 Å². The van der Waals surface area contributed by atoms with Gasteiger partial charge in [0.25, 0.3) is 5.91 Å². The molecule has 1 fully saturated rings. The molecular weight excluding hydrogens is 484 g/mol. The van der Waals surface area contributed by atoms with Gasteiger partial charge in [-0.15, -0.1) is 0 Å². The lowest BCUT2D eigenvalue weighted by Crippen LogP contribution is -2.44. The molecule has 1 saturated heterocycles. The molecule has 3 rings (SSSR count). The number of amidine groups is 1. The number of methoxy groups -OCH3 is 1.